The van der Waals surface area contributed by atoms with E-state index in [0.29, 0.717) is 30.1 Å². The molecule has 5 nitrogen and oxygen atoms in total. The Morgan fingerprint density at radius 1 is 1.22 bits per heavy atom. The highest BCUT2D eigenvalue weighted by Crippen LogP contribution is 2.33. The van der Waals surface area contributed by atoms with Crippen molar-refractivity contribution in [2.75, 3.05) is 0 Å². The Morgan fingerprint density at radius 3 is 2.85 bits per heavy atom. The van der Waals surface area contributed by atoms with Gasteiger partial charge in [0.2, 0.25) is 11.8 Å². The van der Waals surface area contributed by atoms with Crippen molar-refractivity contribution < 1.29 is 13.9 Å². The minimum absolute atomic E-state index is 0.0576. The number of ether oxygens (including phenoxy) is 1. The van der Waals surface area contributed by atoms with E-state index in [-0.39, 0.29) is 17.8 Å². The van der Waals surface area contributed by atoms with Gasteiger partial charge in [-0.05, 0) is 61.1 Å². The summed E-state index contributed by atoms with van der Waals surface area (Å²) in [6.07, 6.45) is 7.54. The first-order chi connectivity index (χ1) is 13.2. The van der Waals surface area contributed by atoms with Gasteiger partial charge in [0.1, 0.15) is 11.6 Å². The van der Waals surface area contributed by atoms with Gasteiger partial charge in [-0.25, -0.2) is 9.37 Å². The summed E-state index contributed by atoms with van der Waals surface area (Å²) in [7, 11) is 0. The van der Waals surface area contributed by atoms with Gasteiger partial charge in [-0.15, -0.1) is 0 Å². The molecule has 142 valence electrons. The molecule has 2 heterocycles. The molecule has 0 radical (unpaired) electrons. The molecule has 1 aliphatic heterocycles. The number of carbonyl (C=O) groups excluding carboxylic acids is 1. The van der Waals surface area contributed by atoms with Gasteiger partial charge in [0, 0.05) is 24.8 Å². The van der Waals surface area contributed by atoms with Gasteiger partial charge in [-0.2, -0.15) is 0 Å². The first-order valence-electron chi connectivity index (χ1n) is 9.59. The first-order valence-corrected chi connectivity index (χ1v) is 9.59. The number of fused-ring (bicyclic) bond motifs is 1. The summed E-state index contributed by atoms with van der Waals surface area (Å²) in [4.78, 5) is 16.7. The molecule has 1 aromatic carbocycles. The van der Waals surface area contributed by atoms with Crippen molar-refractivity contribution in [3.8, 4) is 11.6 Å². The minimum atomic E-state index is -0.313. The summed E-state index contributed by atoms with van der Waals surface area (Å²) in [5.41, 5.74) is 0.908. The number of benzene rings is 1. The topological polar surface area (TPSA) is 63.2 Å². The fraction of sp³-hybridized carbons (Fsp3) is 0.429. The van der Waals surface area contributed by atoms with Crippen LogP contribution in [0, 0.1) is 11.7 Å². The number of nitrogens with zero attached hydrogens (tertiary/aromatic N) is 1. The van der Waals surface area contributed by atoms with Crippen molar-refractivity contribution in [1.29, 1.82) is 0 Å². The van der Waals surface area contributed by atoms with Crippen molar-refractivity contribution in [3.63, 3.8) is 0 Å². The molecule has 2 aliphatic rings. The van der Waals surface area contributed by atoms with E-state index in [1.54, 1.807) is 24.4 Å². The van der Waals surface area contributed by atoms with Crippen LogP contribution in [-0.2, 0) is 11.3 Å². The molecule has 3 atom stereocenters. The number of hydrogen-bond acceptors (Lipinski definition) is 4. The van der Waals surface area contributed by atoms with Gasteiger partial charge >= 0.3 is 0 Å². The van der Waals surface area contributed by atoms with E-state index in [4.69, 9.17) is 4.74 Å². The fourth-order valence-electron chi connectivity index (χ4n) is 4.07. The molecule has 2 N–H and O–H groups in total. The molecule has 2 aromatic rings. The number of nitrogens with one attached hydrogen (secondary N) is 2. The first kappa shape index (κ1) is 17.9. The highest BCUT2D eigenvalue weighted by Gasteiger charge is 2.37. The van der Waals surface area contributed by atoms with E-state index in [1.165, 1.54) is 37.8 Å². The second-order valence-corrected chi connectivity index (χ2v) is 7.38. The molecule has 6 heteroatoms. The third kappa shape index (κ3) is 4.45. The van der Waals surface area contributed by atoms with Crippen LogP contribution in [0.1, 0.15) is 37.7 Å². The van der Waals surface area contributed by atoms with Gasteiger partial charge in [-0.1, -0.05) is 12.8 Å². The van der Waals surface area contributed by atoms with Crippen LogP contribution in [0.2, 0.25) is 0 Å². The molecule has 2 fully saturated rings. The van der Waals surface area contributed by atoms with E-state index in [1.807, 2.05) is 6.07 Å². The molecule has 1 amide bonds. The second kappa shape index (κ2) is 8.05. The summed E-state index contributed by atoms with van der Waals surface area (Å²) < 4.78 is 18.6. The Bertz CT molecular complexity index is 782. The highest BCUT2D eigenvalue weighted by atomic mass is 19.1. The van der Waals surface area contributed by atoms with Gasteiger partial charge < -0.3 is 15.4 Å². The van der Waals surface area contributed by atoms with E-state index in [2.05, 4.69) is 15.6 Å². The third-order valence-electron chi connectivity index (χ3n) is 5.48. The number of hydrogen-bond donors (Lipinski definition) is 2. The molecule has 27 heavy (non-hydrogen) atoms. The van der Waals surface area contributed by atoms with Crippen LogP contribution in [0.15, 0.2) is 42.6 Å². The van der Waals surface area contributed by atoms with Crippen molar-refractivity contribution in [3.05, 3.63) is 54.0 Å². The summed E-state index contributed by atoms with van der Waals surface area (Å²) in [5, 5.41) is 6.51. The SMILES string of the molecule is O=C(NCc1ccnc(Oc2ccc(F)cc2)c1)C1CC2CCCCC2N1. The van der Waals surface area contributed by atoms with E-state index in [0.717, 1.165) is 12.0 Å². The molecule has 4 rings (SSSR count). The lowest BCUT2D eigenvalue weighted by atomic mass is 9.85. The average Bonchev–Trinajstić information content (AvgIpc) is 3.13. The number of amides is 1. The zero-order valence-electron chi connectivity index (χ0n) is 15.2. The molecular formula is C21H24FN3O2. The van der Waals surface area contributed by atoms with Gasteiger partial charge in [0.25, 0.3) is 0 Å². The van der Waals surface area contributed by atoms with Crippen LogP contribution >= 0.6 is 0 Å². The lowest BCUT2D eigenvalue weighted by Gasteiger charge is -2.24. The maximum atomic E-state index is 13.0. The average molecular weight is 369 g/mol. The lowest BCUT2D eigenvalue weighted by molar-refractivity contribution is -0.123. The number of pyridine rings is 1. The number of carbonyl (C=O) groups is 1. The second-order valence-electron chi connectivity index (χ2n) is 7.38. The predicted molar refractivity (Wildman–Crippen MR) is 99.8 cm³/mol. The molecule has 1 aromatic heterocycles. The van der Waals surface area contributed by atoms with Gasteiger partial charge in [0.05, 0.1) is 6.04 Å². The fourth-order valence-corrected chi connectivity index (χ4v) is 4.07. The zero-order valence-corrected chi connectivity index (χ0v) is 15.2. The quantitative estimate of drug-likeness (QED) is 0.846. The molecule has 0 spiro atoms. The third-order valence-corrected chi connectivity index (χ3v) is 5.48. The van der Waals surface area contributed by atoms with E-state index < -0.39 is 0 Å². The van der Waals surface area contributed by atoms with Crippen molar-refractivity contribution in [1.82, 2.24) is 15.6 Å². The number of aromatic nitrogens is 1. The predicted octanol–water partition coefficient (Wildman–Crippen LogP) is 3.55. The molecule has 1 aliphatic carbocycles. The smallest absolute Gasteiger partial charge is 0.237 e. The Labute approximate surface area is 158 Å². The minimum Gasteiger partial charge on any atom is -0.439 e. The van der Waals surface area contributed by atoms with Crippen LogP contribution in [-0.4, -0.2) is 23.0 Å². The largest absolute Gasteiger partial charge is 0.439 e. The summed E-state index contributed by atoms with van der Waals surface area (Å²) >= 11 is 0. The molecule has 1 saturated heterocycles. The molecular weight excluding hydrogens is 345 g/mol. The zero-order chi connectivity index (χ0) is 18.6. The normalized spacial score (nSPS) is 24.3. The number of rotatable bonds is 5. The van der Waals surface area contributed by atoms with Crippen molar-refractivity contribution in [2.45, 2.75) is 50.7 Å². The van der Waals surface area contributed by atoms with E-state index in [9.17, 15) is 9.18 Å². The van der Waals surface area contributed by atoms with Crippen LogP contribution in [0.3, 0.4) is 0 Å². The monoisotopic (exact) mass is 369 g/mol. The van der Waals surface area contributed by atoms with Gasteiger partial charge in [-0.3, -0.25) is 4.79 Å². The maximum Gasteiger partial charge on any atom is 0.237 e. The summed E-state index contributed by atoms with van der Waals surface area (Å²) in [6.45, 7) is 0.425. The Kier molecular flexibility index (Phi) is 5.34. The van der Waals surface area contributed by atoms with Crippen LogP contribution in [0.5, 0.6) is 11.6 Å². The van der Waals surface area contributed by atoms with E-state index >= 15 is 0 Å². The van der Waals surface area contributed by atoms with Crippen molar-refractivity contribution in [2.24, 2.45) is 5.92 Å². The standard InChI is InChI=1S/C21H24FN3O2/c22-16-5-7-17(8-6-16)27-20-11-14(9-10-23-20)13-24-21(26)19-12-15-3-1-2-4-18(15)25-19/h5-11,15,18-19,25H,1-4,12-13H2,(H,24,26). The summed E-state index contributed by atoms with van der Waals surface area (Å²) in [5.74, 6) is 1.32. The number of halogens is 1. The summed E-state index contributed by atoms with van der Waals surface area (Å²) in [6, 6.07) is 9.83. The molecule has 1 saturated carbocycles. The highest BCUT2D eigenvalue weighted by molar-refractivity contribution is 5.82. The Hall–Kier alpha value is -2.47. The van der Waals surface area contributed by atoms with Crippen molar-refractivity contribution >= 4 is 5.91 Å². The van der Waals surface area contributed by atoms with Crippen LogP contribution in [0.25, 0.3) is 0 Å². The Morgan fingerprint density at radius 2 is 2.04 bits per heavy atom. The lowest BCUT2D eigenvalue weighted by Crippen LogP contribution is -2.42. The van der Waals surface area contributed by atoms with Gasteiger partial charge in [0.15, 0.2) is 0 Å². The molecule has 0 bridgehead atoms. The maximum absolute atomic E-state index is 13.0. The Balaban J connectivity index is 1.32. The van der Waals surface area contributed by atoms with Crippen LogP contribution in [0.4, 0.5) is 4.39 Å². The van der Waals surface area contributed by atoms with Crippen LogP contribution < -0.4 is 15.4 Å². The molecule has 3 unspecified atom stereocenters.